The van der Waals surface area contributed by atoms with Gasteiger partial charge in [-0.15, -0.1) is 9.96 Å². The van der Waals surface area contributed by atoms with Gasteiger partial charge in [0.05, 0.1) is 0 Å². The predicted octanol–water partition coefficient (Wildman–Crippen LogP) is -0.297. The van der Waals surface area contributed by atoms with Crippen LogP contribution in [0.1, 0.15) is 0 Å². The number of nitrogens with zero attached hydrogens (tertiary/aromatic N) is 3. The lowest BCUT2D eigenvalue weighted by molar-refractivity contribution is 0.955. The van der Waals surface area contributed by atoms with Crippen molar-refractivity contribution in [2.24, 2.45) is 0 Å². The molecule has 1 aromatic rings. The van der Waals surface area contributed by atoms with Crippen molar-refractivity contribution < 1.29 is 0 Å². The standard InChI is InChI=1S/CHN3P/c1-2-3-4-5-1/h5H. The SMILES string of the molecule is [c]1nnn[pH]1. The second-order valence-electron chi connectivity index (χ2n) is 0.513. The highest BCUT2D eigenvalue weighted by molar-refractivity contribution is 7.23. The second kappa shape index (κ2) is 1.13. The van der Waals surface area contributed by atoms with Crippen molar-refractivity contribution in [1.82, 2.24) is 15.2 Å². The Labute approximate surface area is 30.6 Å². The summed E-state index contributed by atoms with van der Waals surface area (Å²) in [7, 11) is 0.350. The molecule has 3 nitrogen and oxygen atoms in total. The van der Waals surface area contributed by atoms with Crippen LogP contribution in [0.25, 0.3) is 0 Å². The van der Waals surface area contributed by atoms with Crippen molar-refractivity contribution in [3.8, 4) is 0 Å². The summed E-state index contributed by atoms with van der Waals surface area (Å²) in [6, 6.07) is 0. The first-order valence-corrected chi connectivity index (χ1v) is 2.04. The van der Waals surface area contributed by atoms with E-state index >= 15 is 0 Å². The smallest absolute Gasteiger partial charge is 0.122 e. The van der Waals surface area contributed by atoms with Crippen LogP contribution in [-0.2, 0) is 0 Å². The fourth-order valence-electron chi connectivity index (χ4n) is 0.112. The van der Waals surface area contributed by atoms with Crippen molar-refractivity contribution in [3.05, 3.63) is 5.93 Å². The van der Waals surface area contributed by atoms with Gasteiger partial charge < -0.3 is 0 Å². The van der Waals surface area contributed by atoms with Gasteiger partial charge in [-0.05, 0) is 5.21 Å². The summed E-state index contributed by atoms with van der Waals surface area (Å²) in [6.07, 6.45) is 0. The molecule has 1 rings (SSSR count). The topological polar surface area (TPSA) is 38.7 Å². The molecule has 1 radical (unpaired) electrons. The van der Waals surface area contributed by atoms with E-state index in [2.05, 4.69) is 21.1 Å². The van der Waals surface area contributed by atoms with Crippen LogP contribution >= 0.6 is 8.35 Å². The van der Waals surface area contributed by atoms with Gasteiger partial charge in [0.2, 0.25) is 0 Å². The van der Waals surface area contributed by atoms with Crippen molar-refractivity contribution in [2.45, 2.75) is 0 Å². The summed E-state index contributed by atoms with van der Waals surface area (Å²) >= 11 is 0. The lowest BCUT2D eigenvalue weighted by Gasteiger charge is -1.40. The second-order valence-corrected chi connectivity index (χ2v) is 1.16. The van der Waals surface area contributed by atoms with Gasteiger partial charge in [0, 0.05) is 8.35 Å². The van der Waals surface area contributed by atoms with E-state index in [0.29, 0.717) is 8.35 Å². The molecule has 0 N–H and O–H groups in total. The van der Waals surface area contributed by atoms with Crippen LogP contribution in [0.15, 0.2) is 0 Å². The summed E-state index contributed by atoms with van der Waals surface area (Å²) < 4.78 is 0. The van der Waals surface area contributed by atoms with Crippen LogP contribution in [0.2, 0.25) is 0 Å². The maximum Gasteiger partial charge on any atom is 0.156 e. The molecule has 0 saturated carbocycles. The largest absolute Gasteiger partial charge is 0.156 e. The zero-order chi connectivity index (χ0) is 3.54. The zero-order valence-electron chi connectivity index (χ0n) is 2.34. The normalized spacial score (nSPS) is 9.60. The lowest BCUT2D eigenvalue weighted by atomic mass is 11.7. The van der Waals surface area contributed by atoms with E-state index in [1.165, 1.54) is 0 Å². The van der Waals surface area contributed by atoms with Gasteiger partial charge in [-0.2, -0.15) is 0 Å². The molecule has 0 fully saturated rings. The minimum absolute atomic E-state index is 0.350. The summed E-state index contributed by atoms with van der Waals surface area (Å²) in [6.45, 7) is 0. The summed E-state index contributed by atoms with van der Waals surface area (Å²) in [5.41, 5.74) is 0. The first-order chi connectivity index (χ1) is 2.50. The molecule has 0 amide bonds. The molecule has 0 aliphatic heterocycles. The molecule has 0 aliphatic carbocycles. The Hall–Kier alpha value is -0.430. The van der Waals surface area contributed by atoms with E-state index in [4.69, 9.17) is 0 Å². The minimum atomic E-state index is 0.350. The highest BCUT2D eigenvalue weighted by Gasteiger charge is 1.62. The Kier molecular flexibility index (Phi) is 0.630. The van der Waals surface area contributed by atoms with E-state index in [9.17, 15) is 0 Å². The van der Waals surface area contributed by atoms with Crippen molar-refractivity contribution in [1.29, 1.82) is 0 Å². The maximum absolute atomic E-state index is 3.46. The fourth-order valence-corrected chi connectivity index (χ4v) is 0.335. The van der Waals surface area contributed by atoms with Crippen LogP contribution in [0.4, 0.5) is 0 Å². The number of hydrogen-bond acceptors (Lipinski definition) is 3. The highest BCUT2D eigenvalue weighted by Crippen LogP contribution is 1.81. The van der Waals surface area contributed by atoms with Gasteiger partial charge in [-0.25, -0.2) is 0 Å². The quantitative estimate of drug-likeness (QED) is 0.435. The molecule has 25 valence electrons. The summed E-state index contributed by atoms with van der Waals surface area (Å²) in [5.74, 6) is 2.54. The molecule has 1 aromatic heterocycles. The molecule has 0 bridgehead atoms. The van der Waals surface area contributed by atoms with Crippen molar-refractivity contribution >= 4 is 8.35 Å². The Morgan fingerprint density at radius 2 is 2.60 bits per heavy atom. The average molecular weight is 86.0 g/mol. The van der Waals surface area contributed by atoms with Crippen LogP contribution in [0.5, 0.6) is 0 Å². The third-order valence-electron chi connectivity index (χ3n) is 0.239. The van der Waals surface area contributed by atoms with Crippen LogP contribution in [0, 0.1) is 5.93 Å². The van der Waals surface area contributed by atoms with Crippen LogP contribution in [-0.4, -0.2) is 15.2 Å². The Morgan fingerprint density at radius 1 is 1.60 bits per heavy atom. The molecule has 1 heterocycles. The fraction of sp³-hybridized carbons (Fsp3) is 0. The monoisotopic (exact) mass is 86.0 g/mol. The van der Waals surface area contributed by atoms with Crippen LogP contribution in [0.3, 0.4) is 0 Å². The molecule has 0 aliphatic rings. The van der Waals surface area contributed by atoms with Gasteiger partial charge in [0.1, 0.15) is 0 Å². The van der Waals surface area contributed by atoms with E-state index in [-0.39, 0.29) is 0 Å². The first kappa shape index (κ1) is 2.79. The molecular weight excluding hydrogens is 85.0 g/mol. The Balaban J connectivity index is 3.13. The third-order valence-corrected chi connectivity index (χ3v) is 0.629. The summed E-state index contributed by atoms with van der Waals surface area (Å²) in [5, 5.41) is 6.54. The molecule has 0 spiro atoms. The average Bonchev–Trinajstić information content (AvgIpc) is 1.76. The van der Waals surface area contributed by atoms with Crippen molar-refractivity contribution in [2.75, 3.05) is 0 Å². The zero-order valence-corrected chi connectivity index (χ0v) is 3.34. The Bertz CT molecular complexity index is 63.4. The third kappa shape index (κ3) is 0.421. The van der Waals surface area contributed by atoms with Gasteiger partial charge in [0.25, 0.3) is 0 Å². The molecule has 4 heteroatoms. The predicted molar refractivity (Wildman–Crippen MR) is 18.2 cm³/mol. The first-order valence-electron chi connectivity index (χ1n) is 1.10. The highest BCUT2D eigenvalue weighted by atomic mass is 31.0. The molecule has 1 atom stereocenters. The minimum Gasteiger partial charge on any atom is -0.122 e. The van der Waals surface area contributed by atoms with Crippen molar-refractivity contribution in [3.63, 3.8) is 0 Å². The molecule has 0 saturated heterocycles. The number of rotatable bonds is 0. The lowest BCUT2D eigenvalue weighted by Crippen LogP contribution is -1.61. The van der Waals surface area contributed by atoms with Gasteiger partial charge >= 0.3 is 0 Å². The van der Waals surface area contributed by atoms with E-state index < -0.39 is 0 Å². The van der Waals surface area contributed by atoms with Gasteiger partial charge in [-0.3, -0.25) is 0 Å². The molecule has 5 heavy (non-hydrogen) atoms. The summed E-state index contributed by atoms with van der Waals surface area (Å²) in [4.78, 5) is 3.46. The number of aromatic nitrogens is 3. The molecule has 0 aromatic carbocycles. The van der Waals surface area contributed by atoms with E-state index in [1.54, 1.807) is 0 Å². The molecular formula is CHN3P. The maximum atomic E-state index is 3.46. The van der Waals surface area contributed by atoms with E-state index in [1.807, 2.05) is 0 Å². The molecule has 1 unspecified atom stereocenters. The van der Waals surface area contributed by atoms with Gasteiger partial charge in [-0.1, -0.05) is 0 Å². The van der Waals surface area contributed by atoms with Gasteiger partial charge in [0.15, 0.2) is 5.93 Å². The van der Waals surface area contributed by atoms with E-state index in [0.717, 1.165) is 0 Å². The number of hydrogen-bond donors (Lipinski definition) is 0. The Morgan fingerprint density at radius 3 is 2.80 bits per heavy atom. The van der Waals surface area contributed by atoms with Crippen LogP contribution < -0.4 is 0 Å².